The Kier molecular flexibility index (Phi) is 6.02. The number of ether oxygens (including phenoxy) is 2. The van der Waals surface area contributed by atoms with E-state index in [4.69, 9.17) is 9.47 Å². The van der Waals surface area contributed by atoms with E-state index in [-0.39, 0.29) is 5.91 Å². The van der Waals surface area contributed by atoms with Gasteiger partial charge in [0.1, 0.15) is 0 Å². The summed E-state index contributed by atoms with van der Waals surface area (Å²) in [7, 11) is 0. The van der Waals surface area contributed by atoms with Crippen molar-refractivity contribution in [3.8, 4) is 0 Å². The van der Waals surface area contributed by atoms with Gasteiger partial charge in [-0.3, -0.25) is 4.79 Å². The molecule has 0 N–H and O–H groups in total. The Labute approximate surface area is 153 Å². The molecule has 0 aliphatic carbocycles. The molecule has 0 spiro atoms. The normalized spacial score (nSPS) is 15.3. The smallest absolute Gasteiger partial charge is 0.339 e. The zero-order valence-corrected chi connectivity index (χ0v) is 14.9. The second kappa shape index (κ2) is 8.63. The molecule has 2 aromatic carbocycles. The molecular formula is C21H23NO4. The number of hydrogen-bond acceptors (Lipinski definition) is 4. The van der Waals surface area contributed by atoms with Crippen LogP contribution in [0.2, 0.25) is 0 Å². The third-order valence-corrected chi connectivity index (χ3v) is 4.43. The van der Waals surface area contributed by atoms with E-state index in [1.807, 2.05) is 42.5 Å². The Morgan fingerprint density at radius 3 is 2.42 bits per heavy atom. The summed E-state index contributed by atoms with van der Waals surface area (Å²) in [5, 5.41) is 0. The number of amides is 1. The summed E-state index contributed by atoms with van der Waals surface area (Å²) in [6.07, 6.45) is -0.178. The van der Waals surface area contributed by atoms with E-state index in [2.05, 4.69) is 0 Å². The van der Waals surface area contributed by atoms with E-state index in [9.17, 15) is 9.59 Å². The first-order valence-corrected chi connectivity index (χ1v) is 8.84. The van der Waals surface area contributed by atoms with Crippen molar-refractivity contribution < 1.29 is 19.1 Å². The third kappa shape index (κ3) is 4.49. The average Bonchev–Trinajstić information content (AvgIpc) is 2.69. The van der Waals surface area contributed by atoms with Crippen LogP contribution in [0.5, 0.6) is 0 Å². The second-order valence-corrected chi connectivity index (χ2v) is 6.30. The molecule has 136 valence electrons. The monoisotopic (exact) mass is 353 g/mol. The van der Waals surface area contributed by atoms with Crippen LogP contribution in [-0.2, 0) is 20.7 Å². The highest BCUT2D eigenvalue weighted by Gasteiger charge is 2.26. The molecule has 1 fully saturated rings. The summed E-state index contributed by atoms with van der Waals surface area (Å²) in [5.74, 6) is -0.646. The maximum Gasteiger partial charge on any atom is 0.339 e. The van der Waals surface area contributed by atoms with Crippen molar-refractivity contribution in [1.29, 1.82) is 0 Å². The van der Waals surface area contributed by atoms with Gasteiger partial charge in [-0.25, -0.2) is 4.79 Å². The molecule has 26 heavy (non-hydrogen) atoms. The number of hydrogen-bond donors (Lipinski definition) is 0. The first-order valence-electron chi connectivity index (χ1n) is 8.84. The van der Waals surface area contributed by atoms with Crippen LogP contribution < -0.4 is 0 Å². The minimum Gasteiger partial charge on any atom is -0.449 e. The lowest BCUT2D eigenvalue weighted by Gasteiger charge is -2.29. The topological polar surface area (TPSA) is 55.8 Å². The molecule has 1 aliphatic heterocycles. The summed E-state index contributed by atoms with van der Waals surface area (Å²) >= 11 is 0. The third-order valence-electron chi connectivity index (χ3n) is 4.43. The van der Waals surface area contributed by atoms with Crippen molar-refractivity contribution in [2.24, 2.45) is 0 Å². The molecule has 5 heteroatoms. The van der Waals surface area contributed by atoms with Gasteiger partial charge in [-0.15, -0.1) is 0 Å². The van der Waals surface area contributed by atoms with Gasteiger partial charge in [0.05, 0.1) is 18.8 Å². The Hall–Kier alpha value is -2.66. The van der Waals surface area contributed by atoms with E-state index in [0.29, 0.717) is 38.3 Å². The number of carbonyl (C=O) groups excluding carboxylic acids is 2. The SMILES string of the molecule is CC(OC(=O)c1ccccc1Cc1ccccc1)C(=O)N1CCOCC1. The highest BCUT2D eigenvalue weighted by atomic mass is 16.5. The molecule has 3 rings (SSSR count). The quantitative estimate of drug-likeness (QED) is 0.776. The van der Waals surface area contributed by atoms with Gasteiger partial charge < -0.3 is 14.4 Å². The van der Waals surface area contributed by atoms with E-state index in [0.717, 1.165) is 11.1 Å². The van der Waals surface area contributed by atoms with Crippen LogP contribution in [0, 0.1) is 0 Å². The average molecular weight is 353 g/mol. The Balaban J connectivity index is 1.68. The Morgan fingerprint density at radius 2 is 1.69 bits per heavy atom. The molecule has 5 nitrogen and oxygen atoms in total. The standard InChI is InChI=1S/C21H23NO4/c1-16(20(23)22-11-13-25-14-12-22)26-21(24)19-10-6-5-9-18(19)15-17-7-3-2-4-8-17/h2-10,16H,11-15H2,1H3. The van der Waals surface area contributed by atoms with Crippen LogP contribution in [0.25, 0.3) is 0 Å². The minimum atomic E-state index is -0.814. The van der Waals surface area contributed by atoms with Crippen LogP contribution in [0.1, 0.15) is 28.4 Å². The lowest BCUT2D eigenvalue weighted by Crippen LogP contribution is -2.46. The van der Waals surface area contributed by atoms with Crippen LogP contribution in [0.3, 0.4) is 0 Å². The zero-order chi connectivity index (χ0) is 18.4. The number of morpholine rings is 1. The largest absolute Gasteiger partial charge is 0.449 e. The molecule has 1 saturated heterocycles. The summed E-state index contributed by atoms with van der Waals surface area (Å²) in [4.78, 5) is 26.7. The van der Waals surface area contributed by atoms with Crippen molar-refractivity contribution in [2.75, 3.05) is 26.3 Å². The van der Waals surface area contributed by atoms with Gasteiger partial charge in [0.15, 0.2) is 6.10 Å². The summed E-state index contributed by atoms with van der Waals surface area (Å²) in [6.45, 7) is 3.73. The minimum absolute atomic E-state index is 0.179. The molecular weight excluding hydrogens is 330 g/mol. The predicted octanol–water partition coefficient (Wildman–Crippen LogP) is 2.68. The molecule has 0 bridgehead atoms. The maximum absolute atomic E-state index is 12.6. The Bertz CT molecular complexity index is 754. The van der Waals surface area contributed by atoms with Crippen LogP contribution >= 0.6 is 0 Å². The van der Waals surface area contributed by atoms with Gasteiger partial charge in [0, 0.05) is 13.1 Å². The molecule has 2 aromatic rings. The number of benzene rings is 2. The van der Waals surface area contributed by atoms with Gasteiger partial charge >= 0.3 is 5.97 Å². The molecule has 1 unspecified atom stereocenters. The molecule has 0 aromatic heterocycles. The fourth-order valence-corrected chi connectivity index (χ4v) is 3.00. The predicted molar refractivity (Wildman–Crippen MR) is 98.0 cm³/mol. The molecule has 1 heterocycles. The first kappa shape index (κ1) is 18.1. The van der Waals surface area contributed by atoms with Gasteiger partial charge in [-0.2, -0.15) is 0 Å². The lowest BCUT2D eigenvalue weighted by atomic mass is 10.00. The lowest BCUT2D eigenvalue weighted by molar-refractivity contribution is -0.143. The van der Waals surface area contributed by atoms with Gasteiger partial charge in [0.2, 0.25) is 0 Å². The number of carbonyl (C=O) groups is 2. The maximum atomic E-state index is 12.6. The van der Waals surface area contributed by atoms with Crippen LogP contribution in [0.15, 0.2) is 54.6 Å². The Morgan fingerprint density at radius 1 is 1.04 bits per heavy atom. The van der Waals surface area contributed by atoms with E-state index in [1.165, 1.54) is 0 Å². The highest BCUT2D eigenvalue weighted by Crippen LogP contribution is 2.17. The zero-order valence-electron chi connectivity index (χ0n) is 14.9. The molecule has 1 atom stereocenters. The van der Waals surface area contributed by atoms with Crippen molar-refractivity contribution >= 4 is 11.9 Å². The van der Waals surface area contributed by atoms with Crippen LogP contribution in [-0.4, -0.2) is 49.2 Å². The second-order valence-electron chi connectivity index (χ2n) is 6.30. The van der Waals surface area contributed by atoms with Gasteiger partial charge in [-0.05, 0) is 30.5 Å². The van der Waals surface area contributed by atoms with E-state index < -0.39 is 12.1 Å². The summed E-state index contributed by atoms with van der Waals surface area (Å²) in [6, 6.07) is 17.3. The summed E-state index contributed by atoms with van der Waals surface area (Å²) in [5.41, 5.74) is 2.50. The van der Waals surface area contributed by atoms with Gasteiger partial charge in [0.25, 0.3) is 5.91 Å². The molecule has 1 aliphatic rings. The molecule has 1 amide bonds. The number of nitrogens with zero attached hydrogens (tertiary/aromatic N) is 1. The summed E-state index contributed by atoms with van der Waals surface area (Å²) < 4.78 is 10.7. The van der Waals surface area contributed by atoms with E-state index >= 15 is 0 Å². The van der Waals surface area contributed by atoms with Crippen LogP contribution in [0.4, 0.5) is 0 Å². The van der Waals surface area contributed by atoms with Crippen molar-refractivity contribution in [3.63, 3.8) is 0 Å². The van der Waals surface area contributed by atoms with Crippen molar-refractivity contribution in [3.05, 3.63) is 71.3 Å². The van der Waals surface area contributed by atoms with Crippen molar-refractivity contribution in [1.82, 2.24) is 4.90 Å². The number of esters is 1. The number of rotatable bonds is 5. The fourth-order valence-electron chi connectivity index (χ4n) is 3.00. The molecule has 0 radical (unpaired) electrons. The fraction of sp³-hybridized carbons (Fsp3) is 0.333. The molecule has 0 saturated carbocycles. The van der Waals surface area contributed by atoms with E-state index in [1.54, 1.807) is 24.0 Å². The van der Waals surface area contributed by atoms with Gasteiger partial charge in [-0.1, -0.05) is 48.5 Å². The van der Waals surface area contributed by atoms with Crippen molar-refractivity contribution in [2.45, 2.75) is 19.4 Å². The first-order chi connectivity index (χ1) is 12.6. The highest BCUT2D eigenvalue weighted by molar-refractivity contribution is 5.93.